The van der Waals surface area contributed by atoms with Crippen LogP contribution in [0.15, 0.2) is 48.5 Å². The van der Waals surface area contributed by atoms with Gasteiger partial charge in [0.15, 0.2) is 0 Å². The first kappa shape index (κ1) is 13.8. The van der Waals surface area contributed by atoms with Crippen LogP contribution in [0.5, 0.6) is 0 Å². The van der Waals surface area contributed by atoms with Gasteiger partial charge in [0.05, 0.1) is 5.54 Å². The minimum Gasteiger partial charge on any atom is -0.318 e. The summed E-state index contributed by atoms with van der Waals surface area (Å²) in [5, 5.41) is 0. The fourth-order valence-electron chi connectivity index (χ4n) is 2.55. The lowest BCUT2D eigenvalue weighted by atomic mass is 9.79. The topological polar surface area (TPSA) is 26.0 Å². The minimum absolute atomic E-state index is 0.231. The summed E-state index contributed by atoms with van der Waals surface area (Å²) in [6.07, 6.45) is 1.62. The van der Waals surface area contributed by atoms with Crippen LogP contribution >= 0.6 is 0 Å². The van der Waals surface area contributed by atoms with Gasteiger partial charge < -0.3 is 5.73 Å². The van der Waals surface area contributed by atoms with Crippen LogP contribution in [0.3, 0.4) is 0 Å². The van der Waals surface area contributed by atoms with Crippen LogP contribution in [-0.4, -0.2) is 0 Å². The summed E-state index contributed by atoms with van der Waals surface area (Å²) in [6.45, 7) is 4.03. The van der Waals surface area contributed by atoms with Crippen molar-refractivity contribution in [3.63, 3.8) is 0 Å². The molecule has 0 amide bonds. The Bertz CT molecular complexity index is 550. The lowest BCUT2D eigenvalue weighted by Crippen LogP contribution is -2.38. The summed E-state index contributed by atoms with van der Waals surface area (Å²) < 4.78 is 14.2. The molecule has 0 spiro atoms. The highest BCUT2D eigenvalue weighted by atomic mass is 19.1. The number of hydrogen-bond acceptors (Lipinski definition) is 1. The van der Waals surface area contributed by atoms with Crippen molar-refractivity contribution in [1.29, 1.82) is 0 Å². The maximum absolute atomic E-state index is 14.2. The maximum atomic E-state index is 14.2. The maximum Gasteiger partial charge on any atom is 0.128 e. The fourth-order valence-corrected chi connectivity index (χ4v) is 2.55. The highest BCUT2D eigenvalue weighted by molar-refractivity contribution is 5.40. The van der Waals surface area contributed by atoms with Gasteiger partial charge in [-0.3, -0.25) is 0 Å². The molecule has 0 fully saturated rings. The molecule has 0 aliphatic heterocycles. The van der Waals surface area contributed by atoms with E-state index >= 15 is 0 Å². The average molecular weight is 257 g/mol. The summed E-state index contributed by atoms with van der Waals surface area (Å²) in [5.74, 6) is -0.231. The zero-order valence-electron chi connectivity index (χ0n) is 11.5. The zero-order chi connectivity index (χ0) is 13.9. The Balaban J connectivity index is 2.59. The minimum atomic E-state index is -0.758. The van der Waals surface area contributed by atoms with Gasteiger partial charge in [-0.15, -0.1) is 0 Å². The van der Waals surface area contributed by atoms with Gasteiger partial charge in [0.25, 0.3) is 0 Å². The van der Waals surface area contributed by atoms with Crippen molar-refractivity contribution in [2.24, 2.45) is 5.73 Å². The zero-order valence-corrected chi connectivity index (χ0v) is 11.5. The quantitative estimate of drug-likeness (QED) is 0.875. The van der Waals surface area contributed by atoms with E-state index in [4.69, 9.17) is 5.73 Å². The van der Waals surface area contributed by atoms with E-state index in [1.54, 1.807) is 6.07 Å². The van der Waals surface area contributed by atoms with E-state index in [0.29, 0.717) is 5.56 Å². The molecule has 1 unspecified atom stereocenters. The Kier molecular flexibility index (Phi) is 4.01. The fraction of sp³-hybridized carbons (Fsp3) is 0.294. The Labute approximate surface area is 114 Å². The molecule has 0 aliphatic rings. The molecule has 2 N–H and O–H groups in total. The highest BCUT2D eigenvalue weighted by Crippen LogP contribution is 2.33. The molecule has 0 aromatic heterocycles. The first-order valence-electron chi connectivity index (χ1n) is 6.69. The molecule has 0 saturated carbocycles. The van der Waals surface area contributed by atoms with Crippen molar-refractivity contribution >= 4 is 0 Å². The second-order valence-electron chi connectivity index (χ2n) is 5.07. The number of nitrogens with two attached hydrogens (primary N) is 1. The average Bonchev–Trinajstić information content (AvgIpc) is 2.42. The second kappa shape index (κ2) is 5.54. The van der Waals surface area contributed by atoms with Crippen molar-refractivity contribution in [1.82, 2.24) is 0 Å². The summed E-state index contributed by atoms with van der Waals surface area (Å²) in [5.41, 5.74) is 8.39. The van der Waals surface area contributed by atoms with Crippen molar-refractivity contribution in [3.8, 4) is 0 Å². The molecular weight excluding hydrogens is 237 g/mol. The van der Waals surface area contributed by atoms with E-state index in [0.717, 1.165) is 24.0 Å². The lowest BCUT2D eigenvalue weighted by Gasteiger charge is -2.31. The van der Waals surface area contributed by atoms with Gasteiger partial charge in [-0.25, -0.2) is 4.39 Å². The van der Waals surface area contributed by atoms with Crippen LogP contribution in [0.4, 0.5) is 4.39 Å². The molecule has 1 atom stereocenters. The first-order valence-corrected chi connectivity index (χ1v) is 6.69. The van der Waals surface area contributed by atoms with Crippen molar-refractivity contribution in [2.75, 3.05) is 0 Å². The van der Waals surface area contributed by atoms with E-state index in [-0.39, 0.29) is 5.82 Å². The van der Waals surface area contributed by atoms with Gasteiger partial charge >= 0.3 is 0 Å². The van der Waals surface area contributed by atoms with Crippen LogP contribution in [0, 0.1) is 12.7 Å². The number of halogens is 1. The van der Waals surface area contributed by atoms with Crippen molar-refractivity contribution < 1.29 is 4.39 Å². The molecule has 19 heavy (non-hydrogen) atoms. The smallest absolute Gasteiger partial charge is 0.128 e. The van der Waals surface area contributed by atoms with Crippen LogP contribution < -0.4 is 5.73 Å². The van der Waals surface area contributed by atoms with Crippen LogP contribution in [0.25, 0.3) is 0 Å². The van der Waals surface area contributed by atoms with Gasteiger partial charge in [-0.1, -0.05) is 61.4 Å². The SMILES string of the molecule is CCCC(N)(c1ccccc1)c1cc(C)ccc1F. The third-order valence-corrected chi connectivity index (χ3v) is 3.54. The highest BCUT2D eigenvalue weighted by Gasteiger charge is 2.31. The number of benzene rings is 2. The molecule has 2 aromatic carbocycles. The van der Waals surface area contributed by atoms with E-state index in [2.05, 4.69) is 6.92 Å². The predicted molar refractivity (Wildman–Crippen MR) is 77.5 cm³/mol. The van der Waals surface area contributed by atoms with E-state index in [1.807, 2.05) is 43.3 Å². The second-order valence-corrected chi connectivity index (χ2v) is 5.07. The van der Waals surface area contributed by atoms with Gasteiger partial charge in [0.1, 0.15) is 5.82 Å². The summed E-state index contributed by atoms with van der Waals surface area (Å²) >= 11 is 0. The number of aryl methyl sites for hydroxylation is 1. The number of hydrogen-bond donors (Lipinski definition) is 1. The van der Waals surface area contributed by atoms with E-state index in [9.17, 15) is 4.39 Å². The van der Waals surface area contributed by atoms with Crippen LogP contribution in [-0.2, 0) is 5.54 Å². The summed E-state index contributed by atoms with van der Waals surface area (Å²) in [6, 6.07) is 14.9. The molecule has 0 aliphatic carbocycles. The Hall–Kier alpha value is -1.67. The monoisotopic (exact) mass is 257 g/mol. The van der Waals surface area contributed by atoms with Crippen molar-refractivity contribution in [3.05, 3.63) is 71.0 Å². The van der Waals surface area contributed by atoms with Crippen LogP contribution in [0.2, 0.25) is 0 Å². The van der Waals surface area contributed by atoms with E-state index < -0.39 is 5.54 Å². The standard InChI is InChI=1S/C17H20FN/c1-3-11-17(19,14-7-5-4-6-8-14)15-12-13(2)9-10-16(15)18/h4-10,12H,3,11,19H2,1-2H3. The van der Waals surface area contributed by atoms with Gasteiger partial charge in [-0.2, -0.15) is 0 Å². The molecule has 1 nitrogen and oxygen atoms in total. The normalized spacial score (nSPS) is 14.1. The summed E-state index contributed by atoms with van der Waals surface area (Å²) in [4.78, 5) is 0. The molecule has 0 heterocycles. The molecule has 100 valence electrons. The van der Waals surface area contributed by atoms with Gasteiger partial charge in [0.2, 0.25) is 0 Å². The van der Waals surface area contributed by atoms with Gasteiger partial charge in [-0.05, 0) is 25.0 Å². The largest absolute Gasteiger partial charge is 0.318 e. The lowest BCUT2D eigenvalue weighted by molar-refractivity contribution is 0.455. The molecule has 0 saturated heterocycles. The molecule has 2 rings (SSSR count). The first-order chi connectivity index (χ1) is 9.08. The molecule has 2 heteroatoms. The molecule has 0 bridgehead atoms. The Morgan fingerprint density at radius 3 is 2.42 bits per heavy atom. The third kappa shape index (κ3) is 2.69. The third-order valence-electron chi connectivity index (χ3n) is 3.54. The van der Waals surface area contributed by atoms with Gasteiger partial charge in [0, 0.05) is 5.56 Å². The predicted octanol–water partition coefficient (Wildman–Crippen LogP) is 4.14. The Morgan fingerprint density at radius 2 is 1.79 bits per heavy atom. The number of rotatable bonds is 4. The van der Waals surface area contributed by atoms with Crippen molar-refractivity contribution in [2.45, 2.75) is 32.2 Å². The van der Waals surface area contributed by atoms with Crippen LogP contribution in [0.1, 0.15) is 36.5 Å². The molecular formula is C17H20FN. The molecule has 2 aromatic rings. The Morgan fingerprint density at radius 1 is 1.11 bits per heavy atom. The molecule has 0 radical (unpaired) electrons. The van der Waals surface area contributed by atoms with E-state index in [1.165, 1.54) is 6.07 Å². The summed E-state index contributed by atoms with van der Waals surface area (Å²) in [7, 11) is 0.